The van der Waals surface area contributed by atoms with Crippen LogP contribution in [0.15, 0.2) is 47.4 Å². The van der Waals surface area contributed by atoms with Gasteiger partial charge in [0.25, 0.3) is 11.5 Å². The van der Waals surface area contributed by atoms with Gasteiger partial charge in [0.1, 0.15) is 17.9 Å². The smallest absolute Gasteiger partial charge is 0.263 e. The molecule has 0 atom stereocenters. The number of pyridine rings is 1. The Bertz CT molecular complexity index is 994. The SMILES string of the molecule is CC(C)(CNC(=O)Cn1cccc(C(=O)NC2CCCCC2)c1=O)c1ccccc1F. The Morgan fingerprint density at radius 2 is 1.81 bits per heavy atom. The molecule has 3 rings (SSSR count). The number of carbonyl (C=O) groups excluding carboxylic acids is 2. The van der Waals surface area contributed by atoms with Crippen LogP contribution in [0.4, 0.5) is 4.39 Å². The van der Waals surface area contributed by atoms with Gasteiger partial charge in [-0.1, -0.05) is 51.3 Å². The van der Waals surface area contributed by atoms with Gasteiger partial charge in [-0.3, -0.25) is 14.4 Å². The lowest BCUT2D eigenvalue weighted by Crippen LogP contribution is -2.42. The molecule has 2 amide bonds. The Balaban J connectivity index is 1.62. The van der Waals surface area contributed by atoms with Crippen molar-refractivity contribution in [2.75, 3.05) is 6.54 Å². The molecule has 0 unspecified atom stereocenters. The molecule has 166 valence electrons. The highest BCUT2D eigenvalue weighted by Gasteiger charge is 2.25. The van der Waals surface area contributed by atoms with Crippen molar-refractivity contribution >= 4 is 11.8 Å². The minimum atomic E-state index is -0.617. The van der Waals surface area contributed by atoms with Crippen molar-refractivity contribution < 1.29 is 14.0 Å². The Hall–Kier alpha value is -2.96. The van der Waals surface area contributed by atoms with Crippen molar-refractivity contribution in [1.29, 1.82) is 0 Å². The van der Waals surface area contributed by atoms with E-state index in [0.717, 1.165) is 25.7 Å². The van der Waals surface area contributed by atoms with E-state index in [-0.39, 0.29) is 36.4 Å². The van der Waals surface area contributed by atoms with Crippen molar-refractivity contribution in [3.63, 3.8) is 0 Å². The number of benzene rings is 1. The molecule has 2 aromatic rings. The van der Waals surface area contributed by atoms with E-state index in [1.165, 1.54) is 29.3 Å². The second kappa shape index (κ2) is 9.90. The average molecular weight is 428 g/mol. The number of halogens is 1. The monoisotopic (exact) mass is 427 g/mol. The van der Waals surface area contributed by atoms with E-state index in [1.807, 2.05) is 13.8 Å². The van der Waals surface area contributed by atoms with E-state index < -0.39 is 16.9 Å². The van der Waals surface area contributed by atoms with Crippen LogP contribution in [0.5, 0.6) is 0 Å². The molecule has 1 fully saturated rings. The van der Waals surface area contributed by atoms with Crippen LogP contribution in [0.1, 0.15) is 61.9 Å². The zero-order valence-electron chi connectivity index (χ0n) is 18.1. The highest BCUT2D eigenvalue weighted by atomic mass is 19.1. The fourth-order valence-electron chi connectivity index (χ4n) is 3.98. The zero-order chi connectivity index (χ0) is 22.4. The van der Waals surface area contributed by atoms with E-state index >= 15 is 0 Å². The number of nitrogens with one attached hydrogen (secondary N) is 2. The number of carbonyl (C=O) groups is 2. The molecule has 1 saturated carbocycles. The number of hydrogen-bond acceptors (Lipinski definition) is 3. The minimum Gasteiger partial charge on any atom is -0.354 e. The molecular formula is C24H30FN3O3. The van der Waals surface area contributed by atoms with Gasteiger partial charge < -0.3 is 15.2 Å². The maximum absolute atomic E-state index is 14.1. The first-order chi connectivity index (χ1) is 14.8. The molecule has 0 aliphatic heterocycles. The van der Waals surface area contributed by atoms with Crippen molar-refractivity contribution in [3.8, 4) is 0 Å². The number of aromatic nitrogens is 1. The van der Waals surface area contributed by atoms with Crippen LogP contribution in [0.25, 0.3) is 0 Å². The molecule has 0 radical (unpaired) electrons. The molecule has 0 bridgehead atoms. The Labute approximate surface area is 181 Å². The van der Waals surface area contributed by atoms with Gasteiger partial charge >= 0.3 is 0 Å². The predicted octanol–water partition coefficient (Wildman–Crippen LogP) is 3.14. The lowest BCUT2D eigenvalue weighted by atomic mass is 9.84. The number of hydrogen-bond donors (Lipinski definition) is 2. The quantitative estimate of drug-likeness (QED) is 0.712. The molecule has 1 heterocycles. The van der Waals surface area contributed by atoms with Gasteiger partial charge in [0, 0.05) is 24.2 Å². The van der Waals surface area contributed by atoms with Crippen molar-refractivity contribution in [3.05, 3.63) is 69.9 Å². The van der Waals surface area contributed by atoms with Crippen molar-refractivity contribution in [2.24, 2.45) is 0 Å². The van der Waals surface area contributed by atoms with Gasteiger partial charge in [0.2, 0.25) is 5.91 Å². The summed E-state index contributed by atoms with van der Waals surface area (Å²) in [5.41, 5.74) is -0.575. The van der Waals surface area contributed by atoms with Crippen molar-refractivity contribution in [1.82, 2.24) is 15.2 Å². The molecule has 1 aliphatic rings. The Kier molecular flexibility index (Phi) is 7.25. The zero-order valence-corrected chi connectivity index (χ0v) is 18.1. The van der Waals surface area contributed by atoms with Crippen LogP contribution in [0, 0.1) is 5.82 Å². The predicted molar refractivity (Wildman–Crippen MR) is 117 cm³/mol. The van der Waals surface area contributed by atoms with E-state index in [1.54, 1.807) is 24.3 Å². The molecule has 6 nitrogen and oxygen atoms in total. The van der Waals surface area contributed by atoms with Gasteiger partial charge in [-0.15, -0.1) is 0 Å². The fourth-order valence-corrected chi connectivity index (χ4v) is 3.98. The number of rotatable bonds is 7. The molecule has 0 saturated heterocycles. The summed E-state index contributed by atoms with van der Waals surface area (Å²) in [5.74, 6) is -1.10. The normalized spacial score (nSPS) is 14.8. The molecule has 1 aromatic carbocycles. The van der Waals surface area contributed by atoms with E-state index in [2.05, 4.69) is 10.6 Å². The minimum absolute atomic E-state index is 0.0348. The van der Waals surface area contributed by atoms with Gasteiger partial charge in [-0.25, -0.2) is 4.39 Å². The van der Waals surface area contributed by atoms with Gasteiger partial charge in [0.05, 0.1) is 0 Å². The molecule has 1 aliphatic carbocycles. The summed E-state index contributed by atoms with van der Waals surface area (Å²) >= 11 is 0. The average Bonchev–Trinajstić information content (AvgIpc) is 2.75. The summed E-state index contributed by atoms with van der Waals surface area (Å²) in [6.45, 7) is 3.68. The van der Waals surface area contributed by atoms with Crippen LogP contribution < -0.4 is 16.2 Å². The molecule has 1 aromatic heterocycles. The largest absolute Gasteiger partial charge is 0.354 e. The van der Waals surface area contributed by atoms with Crippen LogP contribution in [-0.4, -0.2) is 29.0 Å². The second-order valence-electron chi connectivity index (χ2n) is 8.80. The molecule has 2 N–H and O–H groups in total. The van der Waals surface area contributed by atoms with E-state index in [4.69, 9.17) is 0 Å². The van der Waals surface area contributed by atoms with Crippen LogP contribution in [0.2, 0.25) is 0 Å². The molecule has 31 heavy (non-hydrogen) atoms. The van der Waals surface area contributed by atoms with E-state index in [0.29, 0.717) is 5.56 Å². The Morgan fingerprint density at radius 1 is 1.10 bits per heavy atom. The first-order valence-electron chi connectivity index (χ1n) is 10.8. The van der Waals surface area contributed by atoms with Crippen LogP contribution in [-0.2, 0) is 16.8 Å². The standard InChI is InChI=1S/C24H30FN3O3/c1-24(2,19-12-6-7-13-20(19)25)16-26-21(29)15-28-14-8-11-18(23(28)31)22(30)27-17-9-4-3-5-10-17/h6-8,11-14,17H,3-5,9-10,15-16H2,1-2H3,(H,26,29)(H,27,30). The summed E-state index contributed by atoms with van der Waals surface area (Å²) < 4.78 is 15.3. The molecule has 7 heteroatoms. The van der Waals surface area contributed by atoms with Crippen LogP contribution in [0.3, 0.4) is 0 Å². The maximum atomic E-state index is 14.1. The first-order valence-corrected chi connectivity index (χ1v) is 10.8. The third kappa shape index (κ3) is 5.81. The molecule has 0 spiro atoms. The summed E-state index contributed by atoms with van der Waals surface area (Å²) in [5, 5.41) is 5.71. The Morgan fingerprint density at radius 3 is 2.52 bits per heavy atom. The molecular weight excluding hydrogens is 397 g/mol. The highest BCUT2D eigenvalue weighted by Crippen LogP contribution is 2.24. The van der Waals surface area contributed by atoms with Gasteiger partial charge in [-0.2, -0.15) is 0 Å². The fraction of sp³-hybridized carbons (Fsp3) is 0.458. The van der Waals surface area contributed by atoms with Gasteiger partial charge in [-0.05, 0) is 36.6 Å². The second-order valence-corrected chi connectivity index (χ2v) is 8.80. The summed E-state index contributed by atoms with van der Waals surface area (Å²) in [7, 11) is 0. The lowest BCUT2D eigenvalue weighted by molar-refractivity contribution is -0.121. The maximum Gasteiger partial charge on any atom is 0.263 e. The summed E-state index contributed by atoms with van der Waals surface area (Å²) in [4.78, 5) is 37.7. The first kappa shape index (κ1) is 22.7. The lowest BCUT2D eigenvalue weighted by Gasteiger charge is -2.26. The van der Waals surface area contributed by atoms with Gasteiger partial charge in [0.15, 0.2) is 0 Å². The highest BCUT2D eigenvalue weighted by molar-refractivity contribution is 5.94. The van der Waals surface area contributed by atoms with E-state index in [9.17, 15) is 18.8 Å². The van der Waals surface area contributed by atoms with Crippen LogP contribution >= 0.6 is 0 Å². The third-order valence-electron chi connectivity index (χ3n) is 5.85. The number of amides is 2. The summed E-state index contributed by atoms with van der Waals surface area (Å²) in [6.07, 6.45) is 6.66. The summed E-state index contributed by atoms with van der Waals surface area (Å²) in [6, 6.07) is 9.63. The third-order valence-corrected chi connectivity index (χ3v) is 5.85. The van der Waals surface area contributed by atoms with Crippen molar-refractivity contribution in [2.45, 2.75) is 64.0 Å². The number of nitrogens with zero attached hydrogens (tertiary/aromatic N) is 1. The topological polar surface area (TPSA) is 80.2 Å².